The first-order chi connectivity index (χ1) is 30.7. The van der Waals surface area contributed by atoms with Crippen molar-refractivity contribution in [1.82, 2.24) is 19.1 Å². The number of nitrogens with zero attached hydrogens (tertiary/aromatic N) is 4. The van der Waals surface area contributed by atoms with Gasteiger partial charge in [0.1, 0.15) is 16.7 Å². The van der Waals surface area contributed by atoms with Crippen molar-refractivity contribution in [1.29, 1.82) is 0 Å². The van der Waals surface area contributed by atoms with E-state index < -0.39 is 0 Å². The lowest BCUT2D eigenvalue weighted by molar-refractivity contribution is 0.652. The maximum atomic E-state index is 7.12. The first kappa shape index (κ1) is 33.4. The van der Waals surface area contributed by atoms with Crippen LogP contribution >= 0.6 is 0 Å². The van der Waals surface area contributed by atoms with E-state index in [-0.39, 0.29) is 0 Å². The molecule has 6 heteroatoms. The molecule has 288 valence electrons. The van der Waals surface area contributed by atoms with Gasteiger partial charge in [0.05, 0.1) is 38.8 Å². The van der Waals surface area contributed by atoms with E-state index >= 15 is 0 Å². The molecule has 62 heavy (non-hydrogen) atoms. The Kier molecular flexibility index (Phi) is 6.74. The SMILES string of the molecule is c1ccc(-c2nc(-n3c4ccccc4c4ccccc43)nc3oc4c(-c5cc(-n6c7ccccc7c7cc8ccccc8cc76)cc6oc7ccccc7c56)cccc4c23)cc1. The maximum Gasteiger partial charge on any atom is 0.238 e. The molecule has 0 saturated carbocycles. The zero-order chi connectivity index (χ0) is 40.5. The number of rotatable bonds is 4. The summed E-state index contributed by atoms with van der Waals surface area (Å²) in [7, 11) is 0. The quantitative estimate of drug-likeness (QED) is 0.178. The average Bonchev–Trinajstić information content (AvgIpc) is 4.08. The molecule has 0 fully saturated rings. The third-order valence-electron chi connectivity index (χ3n) is 12.7. The first-order valence-electron chi connectivity index (χ1n) is 20.9. The Morgan fingerprint density at radius 3 is 1.74 bits per heavy atom. The molecule has 6 nitrogen and oxygen atoms in total. The molecule has 0 unspecified atom stereocenters. The highest BCUT2D eigenvalue weighted by Gasteiger charge is 2.25. The van der Waals surface area contributed by atoms with E-state index in [0.717, 1.165) is 99.2 Å². The minimum atomic E-state index is 0.525. The van der Waals surface area contributed by atoms with E-state index in [1.165, 1.54) is 21.5 Å². The van der Waals surface area contributed by atoms with Gasteiger partial charge in [0.2, 0.25) is 11.7 Å². The lowest BCUT2D eigenvalue weighted by Crippen LogP contribution is -2.02. The molecule has 5 aromatic heterocycles. The number of hydrogen-bond acceptors (Lipinski definition) is 4. The number of fused-ring (bicyclic) bond motifs is 13. The van der Waals surface area contributed by atoms with Crippen LogP contribution < -0.4 is 0 Å². The smallest absolute Gasteiger partial charge is 0.238 e. The molecular formula is C56H32N4O2. The van der Waals surface area contributed by atoms with Crippen molar-refractivity contribution in [2.24, 2.45) is 0 Å². The predicted octanol–water partition coefficient (Wildman–Crippen LogP) is 15.0. The summed E-state index contributed by atoms with van der Waals surface area (Å²) in [5.74, 6) is 0.554. The average molecular weight is 793 g/mol. The number of aromatic nitrogens is 4. The molecule has 0 spiro atoms. The fourth-order valence-electron chi connectivity index (χ4n) is 10.1. The number of benzene rings is 9. The zero-order valence-corrected chi connectivity index (χ0v) is 33.1. The molecule has 14 aromatic rings. The second-order valence-corrected chi connectivity index (χ2v) is 16.1. The van der Waals surface area contributed by atoms with Gasteiger partial charge < -0.3 is 13.4 Å². The predicted molar refractivity (Wildman–Crippen MR) is 254 cm³/mol. The van der Waals surface area contributed by atoms with Crippen molar-refractivity contribution in [3.63, 3.8) is 0 Å². The fourth-order valence-corrected chi connectivity index (χ4v) is 10.1. The molecule has 0 N–H and O–H groups in total. The van der Waals surface area contributed by atoms with Gasteiger partial charge in [-0.15, -0.1) is 0 Å². The van der Waals surface area contributed by atoms with Crippen LogP contribution in [0.25, 0.3) is 132 Å². The van der Waals surface area contributed by atoms with E-state index in [2.05, 4.69) is 185 Å². The summed E-state index contributed by atoms with van der Waals surface area (Å²) in [6.45, 7) is 0. The topological polar surface area (TPSA) is 61.9 Å². The van der Waals surface area contributed by atoms with Crippen molar-refractivity contribution < 1.29 is 8.83 Å². The maximum absolute atomic E-state index is 7.12. The molecule has 9 aromatic carbocycles. The molecular weight excluding hydrogens is 761 g/mol. The molecule has 0 aliphatic carbocycles. The van der Waals surface area contributed by atoms with Crippen molar-refractivity contribution >= 4 is 98.4 Å². The molecule has 0 saturated heterocycles. The number of para-hydroxylation sites is 5. The van der Waals surface area contributed by atoms with Gasteiger partial charge in [-0.25, -0.2) is 4.98 Å². The molecule has 0 aliphatic heterocycles. The van der Waals surface area contributed by atoms with Crippen molar-refractivity contribution in [2.45, 2.75) is 0 Å². The molecule has 5 heterocycles. The highest BCUT2D eigenvalue weighted by molar-refractivity contribution is 6.20. The van der Waals surface area contributed by atoms with E-state index in [1.807, 2.05) is 18.2 Å². The Morgan fingerprint density at radius 2 is 0.984 bits per heavy atom. The minimum Gasteiger partial charge on any atom is -0.456 e. The third-order valence-corrected chi connectivity index (χ3v) is 12.7. The van der Waals surface area contributed by atoms with Crippen molar-refractivity contribution in [2.75, 3.05) is 0 Å². The van der Waals surface area contributed by atoms with Crippen LogP contribution in [0.1, 0.15) is 0 Å². The van der Waals surface area contributed by atoms with Gasteiger partial charge in [-0.05, 0) is 58.8 Å². The molecule has 0 aliphatic rings. The summed E-state index contributed by atoms with van der Waals surface area (Å²) >= 11 is 0. The number of hydrogen-bond donors (Lipinski definition) is 0. The van der Waals surface area contributed by atoms with Gasteiger partial charge in [-0.3, -0.25) is 4.57 Å². The van der Waals surface area contributed by atoms with Crippen molar-refractivity contribution in [3.05, 3.63) is 194 Å². The van der Waals surface area contributed by atoms with Gasteiger partial charge >= 0.3 is 0 Å². The Balaban J connectivity index is 1.09. The van der Waals surface area contributed by atoms with Crippen LogP contribution in [0, 0.1) is 0 Å². The van der Waals surface area contributed by atoms with E-state index in [0.29, 0.717) is 11.7 Å². The highest BCUT2D eigenvalue weighted by atomic mass is 16.3. The minimum absolute atomic E-state index is 0.525. The van der Waals surface area contributed by atoms with Gasteiger partial charge in [-0.2, -0.15) is 4.98 Å². The molecule has 0 amide bonds. The summed E-state index contributed by atoms with van der Waals surface area (Å²) in [4.78, 5) is 10.7. The second-order valence-electron chi connectivity index (χ2n) is 16.1. The monoisotopic (exact) mass is 792 g/mol. The fraction of sp³-hybridized carbons (Fsp3) is 0. The van der Waals surface area contributed by atoms with Crippen LogP contribution in [-0.2, 0) is 0 Å². The van der Waals surface area contributed by atoms with E-state index in [4.69, 9.17) is 18.8 Å². The Hall–Kier alpha value is -8.48. The van der Waals surface area contributed by atoms with E-state index in [1.54, 1.807) is 0 Å². The van der Waals surface area contributed by atoms with Gasteiger partial charge in [0, 0.05) is 54.9 Å². The summed E-state index contributed by atoms with van der Waals surface area (Å²) in [5, 5.41) is 11.0. The Morgan fingerprint density at radius 1 is 0.371 bits per heavy atom. The Labute approximate surface area is 353 Å². The highest BCUT2D eigenvalue weighted by Crippen LogP contribution is 2.46. The zero-order valence-electron chi connectivity index (χ0n) is 33.1. The lowest BCUT2D eigenvalue weighted by atomic mass is 9.96. The lowest BCUT2D eigenvalue weighted by Gasteiger charge is -2.12. The van der Waals surface area contributed by atoms with Crippen LogP contribution in [0.2, 0.25) is 0 Å². The summed E-state index contributed by atoms with van der Waals surface area (Å²) < 4.78 is 18.4. The van der Waals surface area contributed by atoms with Gasteiger partial charge in [-0.1, -0.05) is 146 Å². The molecule has 0 radical (unpaired) electrons. The normalized spacial score (nSPS) is 12.2. The molecule has 0 atom stereocenters. The van der Waals surface area contributed by atoms with Gasteiger partial charge in [0.15, 0.2) is 0 Å². The van der Waals surface area contributed by atoms with Crippen LogP contribution in [0.5, 0.6) is 0 Å². The largest absolute Gasteiger partial charge is 0.456 e. The van der Waals surface area contributed by atoms with Crippen LogP contribution in [0.15, 0.2) is 203 Å². The van der Waals surface area contributed by atoms with Crippen LogP contribution in [-0.4, -0.2) is 19.1 Å². The third kappa shape index (κ3) is 4.63. The first-order valence-corrected chi connectivity index (χ1v) is 20.9. The van der Waals surface area contributed by atoms with E-state index in [9.17, 15) is 0 Å². The number of furan rings is 2. The van der Waals surface area contributed by atoms with Gasteiger partial charge in [0.25, 0.3) is 0 Å². The molecule has 0 bridgehead atoms. The summed E-state index contributed by atoms with van der Waals surface area (Å²) in [6, 6.07) is 68.3. The van der Waals surface area contributed by atoms with Crippen molar-refractivity contribution in [3.8, 4) is 34.0 Å². The second kappa shape index (κ2) is 12.5. The van der Waals surface area contributed by atoms with Crippen LogP contribution in [0.3, 0.4) is 0 Å². The standard InChI is InChI=1S/C56H32N4O2/c1-2-15-33(16-3-1)53-52-42-24-14-23-40(54(42)62-55(52)58-56(57-53)60-46-26-11-6-19-37(46)38-20-7-12-27-47(38)60)44-31-36(32-50-51(44)41-22-9-13-28-49(41)61-50)59-45-25-10-8-21-39(45)43-29-34-17-4-5-18-35(34)30-48(43)59/h1-32H. The summed E-state index contributed by atoms with van der Waals surface area (Å²) in [5.41, 5.74) is 12.0. The Bertz CT molecular complexity index is 4120. The molecule has 14 rings (SSSR count). The summed E-state index contributed by atoms with van der Waals surface area (Å²) in [6.07, 6.45) is 0. The van der Waals surface area contributed by atoms with Crippen LogP contribution in [0.4, 0.5) is 0 Å².